The fourth-order valence-corrected chi connectivity index (χ4v) is 2.75. The smallest absolute Gasteiger partial charge is 0.0195 e. The lowest BCUT2D eigenvalue weighted by molar-refractivity contribution is 0.190. The summed E-state index contributed by atoms with van der Waals surface area (Å²) < 4.78 is 0. The minimum Gasteiger partial charge on any atom is -0.311 e. The van der Waals surface area contributed by atoms with Gasteiger partial charge in [0.25, 0.3) is 0 Å². The van der Waals surface area contributed by atoms with Crippen LogP contribution in [0, 0.1) is 0 Å². The van der Waals surface area contributed by atoms with E-state index in [0.29, 0.717) is 0 Å². The first-order valence-electron chi connectivity index (χ1n) is 7.82. The Hall–Kier alpha value is -0.0800. The summed E-state index contributed by atoms with van der Waals surface area (Å²) in [6, 6.07) is 0.758. The first kappa shape index (κ1) is 15.0. The van der Waals surface area contributed by atoms with Crippen molar-refractivity contribution in [3.8, 4) is 0 Å². The van der Waals surface area contributed by atoms with Crippen molar-refractivity contribution in [3.05, 3.63) is 0 Å². The molecular formula is C15H32N2. The van der Waals surface area contributed by atoms with Crippen molar-refractivity contribution in [3.63, 3.8) is 0 Å². The van der Waals surface area contributed by atoms with Gasteiger partial charge >= 0.3 is 0 Å². The van der Waals surface area contributed by atoms with Crippen molar-refractivity contribution in [2.75, 3.05) is 26.2 Å². The van der Waals surface area contributed by atoms with E-state index in [9.17, 15) is 0 Å². The minimum atomic E-state index is 0.758. The molecule has 1 fully saturated rings. The zero-order valence-corrected chi connectivity index (χ0v) is 12.0. The summed E-state index contributed by atoms with van der Waals surface area (Å²) in [5, 5.41) is 3.63. The van der Waals surface area contributed by atoms with Crippen molar-refractivity contribution >= 4 is 0 Å². The molecule has 0 bridgehead atoms. The van der Waals surface area contributed by atoms with E-state index in [0.717, 1.165) is 6.04 Å². The van der Waals surface area contributed by atoms with Gasteiger partial charge in [0.05, 0.1) is 0 Å². The van der Waals surface area contributed by atoms with Crippen molar-refractivity contribution in [1.29, 1.82) is 0 Å². The van der Waals surface area contributed by atoms with Gasteiger partial charge in [0.2, 0.25) is 0 Å². The SMILES string of the molecule is CCCCCCCCN1CCNC(CCC)C1. The summed E-state index contributed by atoms with van der Waals surface area (Å²) in [6.45, 7) is 9.63. The number of hydrogen-bond donors (Lipinski definition) is 1. The molecular weight excluding hydrogens is 208 g/mol. The highest BCUT2D eigenvalue weighted by Gasteiger charge is 2.17. The Kier molecular flexibility index (Phi) is 8.72. The maximum Gasteiger partial charge on any atom is 0.0195 e. The maximum absolute atomic E-state index is 3.63. The molecule has 0 aliphatic carbocycles. The van der Waals surface area contributed by atoms with Gasteiger partial charge in [-0.1, -0.05) is 52.4 Å². The van der Waals surface area contributed by atoms with Crippen LogP contribution in [0.25, 0.3) is 0 Å². The van der Waals surface area contributed by atoms with E-state index in [1.54, 1.807) is 0 Å². The molecule has 1 atom stereocenters. The molecule has 2 heteroatoms. The molecule has 0 amide bonds. The summed E-state index contributed by atoms with van der Waals surface area (Å²) in [6.07, 6.45) is 11.2. The molecule has 0 spiro atoms. The molecule has 0 aromatic heterocycles. The zero-order valence-electron chi connectivity index (χ0n) is 12.0. The molecule has 0 radical (unpaired) electrons. The number of nitrogens with zero attached hydrogens (tertiary/aromatic N) is 1. The number of unbranched alkanes of at least 4 members (excludes halogenated alkanes) is 5. The predicted molar refractivity (Wildman–Crippen MR) is 76.5 cm³/mol. The summed E-state index contributed by atoms with van der Waals surface area (Å²) in [5.74, 6) is 0. The molecule has 2 nitrogen and oxygen atoms in total. The highest BCUT2D eigenvalue weighted by molar-refractivity contribution is 4.77. The van der Waals surface area contributed by atoms with Gasteiger partial charge in [-0.05, 0) is 19.4 Å². The van der Waals surface area contributed by atoms with Gasteiger partial charge in [-0.3, -0.25) is 0 Å². The molecule has 0 aromatic carbocycles. The van der Waals surface area contributed by atoms with E-state index in [4.69, 9.17) is 0 Å². The molecule has 1 N–H and O–H groups in total. The molecule has 17 heavy (non-hydrogen) atoms. The van der Waals surface area contributed by atoms with E-state index < -0.39 is 0 Å². The number of rotatable bonds is 9. The third-order valence-electron chi connectivity index (χ3n) is 3.80. The van der Waals surface area contributed by atoms with Crippen LogP contribution >= 0.6 is 0 Å². The average molecular weight is 240 g/mol. The van der Waals surface area contributed by atoms with Crippen molar-refractivity contribution in [2.24, 2.45) is 0 Å². The van der Waals surface area contributed by atoms with Gasteiger partial charge < -0.3 is 10.2 Å². The van der Waals surface area contributed by atoms with Gasteiger partial charge in [0.1, 0.15) is 0 Å². The van der Waals surface area contributed by atoms with E-state index in [2.05, 4.69) is 24.1 Å². The molecule has 102 valence electrons. The van der Waals surface area contributed by atoms with E-state index in [1.807, 2.05) is 0 Å². The van der Waals surface area contributed by atoms with Crippen molar-refractivity contribution in [1.82, 2.24) is 10.2 Å². The topological polar surface area (TPSA) is 15.3 Å². The van der Waals surface area contributed by atoms with Gasteiger partial charge in [-0.25, -0.2) is 0 Å². The monoisotopic (exact) mass is 240 g/mol. The second-order valence-corrected chi connectivity index (χ2v) is 5.51. The molecule has 0 saturated carbocycles. The van der Waals surface area contributed by atoms with Crippen molar-refractivity contribution in [2.45, 2.75) is 71.3 Å². The normalized spacial score (nSPS) is 21.9. The molecule has 1 heterocycles. The molecule has 1 rings (SSSR count). The second-order valence-electron chi connectivity index (χ2n) is 5.51. The highest BCUT2D eigenvalue weighted by Crippen LogP contribution is 2.09. The molecule has 1 aliphatic rings. The largest absolute Gasteiger partial charge is 0.311 e. The standard InChI is InChI=1S/C15H32N2/c1-3-5-6-7-8-9-12-17-13-11-16-15(14-17)10-4-2/h15-16H,3-14H2,1-2H3. The first-order valence-corrected chi connectivity index (χ1v) is 7.82. The summed E-state index contributed by atoms with van der Waals surface area (Å²) >= 11 is 0. The first-order chi connectivity index (χ1) is 8.36. The van der Waals surface area contributed by atoms with Crippen LogP contribution in [-0.4, -0.2) is 37.1 Å². The Labute approximate surface area is 108 Å². The van der Waals surface area contributed by atoms with Crippen LogP contribution in [0.2, 0.25) is 0 Å². The fraction of sp³-hybridized carbons (Fsp3) is 1.00. The summed E-state index contributed by atoms with van der Waals surface area (Å²) in [7, 11) is 0. The van der Waals surface area contributed by atoms with Gasteiger partial charge in [0, 0.05) is 25.7 Å². The Morgan fingerprint density at radius 2 is 1.76 bits per heavy atom. The van der Waals surface area contributed by atoms with Crippen LogP contribution in [-0.2, 0) is 0 Å². The Bertz CT molecular complexity index is 168. The Balaban J connectivity index is 1.98. The van der Waals surface area contributed by atoms with E-state index in [1.165, 1.54) is 77.5 Å². The van der Waals surface area contributed by atoms with Crippen LogP contribution in [0.5, 0.6) is 0 Å². The van der Waals surface area contributed by atoms with E-state index >= 15 is 0 Å². The Morgan fingerprint density at radius 1 is 1.00 bits per heavy atom. The van der Waals surface area contributed by atoms with E-state index in [-0.39, 0.29) is 0 Å². The molecule has 1 aliphatic heterocycles. The predicted octanol–water partition coefficient (Wildman–Crippen LogP) is 3.42. The number of nitrogens with one attached hydrogen (secondary N) is 1. The van der Waals surface area contributed by atoms with Crippen LogP contribution in [0.15, 0.2) is 0 Å². The second kappa shape index (κ2) is 9.90. The Morgan fingerprint density at radius 3 is 2.53 bits per heavy atom. The lowest BCUT2D eigenvalue weighted by Crippen LogP contribution is -2.50. The van der Waals surface area contributed by atoms with Crippen molar-refractivity contribution < 1.29 is 0 Å². The average Bonchev–Trinajstić information content (AvgIpc) is 2.35. The zero-order chi connectivity index (χ0) is 12.3. The van der Waals surface area contributed by atoms with Gasteiger partial charge in [0.15, 0.2) is 0 Å². The van der Waals surface area contributed by atoms with Crippen LogP contribution in [0.3, 0.4) is 0 Å². The lowest BCUT2D eigenvalue weighted by Gasteiger charge is -2.33. The molecule has 0 aromatic rings. The third-order valence-corrected chi connectivity index (χ3v) is 3.80. The minimum absolute atomic E-state index is 0.758. The summed E-state index contributed by atoms with van der Waals surface area (Å²) in [5.41, 5.74) is 0. The highest BCUT2D eigenvalue weighted by atomic mass is 15.2. The molecule has 1 unspecified atom stereocenters. The lowest BCUT2D eigenvalue weighted by atomic mass is 10.1. The fourth-order valence-electron chi connectivity index (χ4n) is 2.75. The van der Waals surface area contributed by atoms with Gasteiger partial charge in [-0.2, -0.15) is 0 Å². The van der Waals surface area contributed by atoms with Crippen LogP contribution < -0.4 is 5.32 Å². The molecule has 1 saturated heterocycles. The van der Waals surface area contributed by atoms with Crippen LogP contribution in [0.4, 0.5) is 0 Å². The number of piperazine rings is 1. The number of hydrogen-bond acceptors (Lipinski definition) is 2. The third kappa shape index (κ3) is 7.05. The summed E-state index contributed by atoms with van der Waals surface area (Å²) in [4.78, 5) is 2.66. The quantitative estimate of drug-likeness (QED) is 0.621. The maximum atomic E-state index is 3.63. The van der Waals surface area contributed by atoms with Gasteiger partial charge in [-0.15, -0.1) is 0 Å². The van der Waals surface area contributed by atoms with Crippen LogP contribution in [0.1, 0.15) is 65.2 Å².